The molecule has 0 bridgehead atoms. The average molecular weight is 563 g/mol. The molecular weight excluding hydrogens is 533 g/mol. The summed E-state index contributed by atoms with van der Waals surface area (Å²) in [5.74, 6) is -0.908. The number of nitrogens with zero attached hydrogens (tertiary/aromatic N) is 2. The van der Waals surface area contributed by atoms with Crippen LogP contribution < -0.4 is 9.62 Å². The number of sulfonamides is 1. The Morgan fingerprint density at radius 1 is 1.03 bits per heavy atom. The molecule has 0 unspecified atom stereocenters. The zero-order valence-corrected chi connectivity index (χ0v) is 23.4. The second kappa shape index (κ2) is 12.3. The van der Waals surface area contributed by atoms with Crippen LogP contribution in [-0.4, -0.2) is 50.0 Å². The molecule has 0 saturated heterocycles. The van der Waals surface area contributed by atoms with Gasteiger partial charge < -0.3 is 10.2 Å². The van der Waals surface area contributed by atoms with Crippen molar-refractivity contribution in [2.45, 2.75) is 52.7 Å². The summed E-state index contributed by atoms with van der Waals surface area (Å²) in [7, 11) is -3.85. The maximum Gasteiger partial charge on any atom is 0.244 e. The molecule has 35 heavy (non-hydrogen) atoms. The van der Waals surface area contributed by atoms with E-state index >= 15 is 0 Å². The van der Waals surface area contributed by atoms with Crippen LogP contribution in [0.1, 0.15) is 38.3 Å². The smallest absolute Gasteiger partial charge is 0.244 e. The van der Waals surface area contributed by atoms with Crippen LogP contribution in [-0.2, 0) is 26.2 Å². The molecular formula is C24H30Cl3N3O4S. The van der Waals surface area contributed by atoms with Gasteiger partial charge in [-0.2, -0.15) is 0 Å². The molecule has 192 valence electrons. The van der Waals surface area contributed by atoms with E-state index in [-0.39, 0.29) is 24.2 Å². The largest absolute Gasteiger partial charge is 0.352 e. The van der Waals surface area contributed by atoms with Crippen molar-refractivity contribution in [3.8, 4) is 0 Å². The van der Waals surface area contributed by atoms with E-state index in [1.807, 2.05) is 13.8 Å². The summed E-state index contributed by atoms with van der Waals surface area (Å²) in [6.07, 6.45) is 1.32. The summed E-state index contributed by atoms with van der Waals surface area (Å²) in [6.45, 7) is 6.68. The highest BCUT2D eigenvalue weighted by atomic mass is 35.5. The Bertz CT molecular complexity index is 1190. The SMILES string of the molecule is CC[C@H](C(=O)NC(C)C)N(Cc1ccc(Cl)cc1Cl)C(=O)CN(c1ccc(C)c(Cl)c1)S(C)(=O)=O. The van der Waals surface area contributed by atoms with Crippen LogP contribution >= 0.6 is 34.8 Å². The summed E-state index contributed by atoms with van der Waals surface area (Å²) in [6, 6.07) is 8.62. The lowest BCUT2D eigenvalue weighted by atomic mass is 10.1. The van der Waals surface area contributed by atoms with E-state index in [0.29, 0.717) is 27.1 Å². The van der Waals surface area contributed by atoms with Crippen LogP contribution in [0.25, 0.3) is 0 Å². The molecule has 2 amide bonds. The third-order valence-electron chi connectivity index (χ3n) is 5.30. The Balaban J connectivity index is 2.50. The van der Waals surface area contributed by atoms with Crippen molar-refractivity contribution in [1.82, 2.24) is 10.2 Å². The van der Waals surface area contributed by atoms with Crippen molar-refractivity contribution in [1.29, 1.82) is 0 Å². The van der Waals surface area contributed by atoms with Gasteiger partial charge in [0.2, 0.25) is 21.8 Å². The summed E-state index contributed by atoms with van der Waals surface area (Å²) >= 11 is 18.6. The molecule has 0 aliphatic rings. The Hall–Kier alpha value is -2.00. The molecule has 0 aliphatic carbocycles. The normalized spacial score (nSPS) is 12.4. The van der Waals surface area contributed by atoms with Gasteiger partial charge in [0, 0.05) is 27.7 Å². The second-order valence-electron chi connectivity index (χ2n) is 8.55. The molecule has 0 aromatic heterocycles. The zero-order valence-electron chi connectivity index (χ0n) is 20.3. The maximum absolute atomic E-state index is 13.6. The van der Waals surface area contributed by atoms with Crippen LogP contribution in [0.2, 0.25) is 15.1 Å². The topological polar surface area (TPSA) is 86.8 Å². The average Bonchev–Trinajstić information content (AvgIpc) is 2.74. The monoisotopic (exact) mass is 561 g/mol. The van der Waals surface area contributed by atoms with Crippen LogP contribution in [0.15, 0.2) is 36.4 Å². The molecule has 1 N–H and O–H groups in total. The van der Waals surface area contributed by atoms with E-state index in [4.69, 9.17) is 34.8 Å². The zero-order chi connectivity index (χ0) is 26.5. The molecule has 7 nitrogen and oxygen atoms in total. The number of anilines is 1. The van der Waals surface area contributed by atoms with Crippen molar-refractivity contribution >= 4 is 62.3 Å². The maximum atomic E-state index is 13.6. The Kier molecular flexibility index (Phi) is 10.3. The van der Waals surface area contributed by atoms with Gasteiger partial charge in [-0.1, -0.05) is 53.9 Å². The fraction of sp³-hybridized carbons (Fsp3) is 0.417. The van der Waals surface area contributed by atoms with Gasteiger partial charge in [-0.25, -0.2) is 8.42 Å². The molecule has 0 aliphatic heterocycles. The molecule has 11 heteroatoms. The van der Waals surface area contributed by atoms with Crippen LogP contribution in [0.4, 0.5) is 5.69 Å². The molecule has 0 radical (unpaired) electrons. The Morgan fingerprint density at radius 3 is 2.20 bits per heavy atom. The molecule has 0 heterocycles. The number of nitrogens with one attached hydrogen (secondary N) is 1. The van der Waals surface area contributed by atoms with Gasteiger partial charge in [0.15, 0.2) is 0 Å². The number of amides is 2. The van der Waals surface area contributed by atoms with E-state index in [1.54, 1.807) is 44.2 Å². The summed E-state index contributed by atoms with van der Waals surface area (Å²) < 4.78 is 26.3. The first-order valence-corrected chi connectivity index (χ1v) is 14.0. The first kappa shape index (κ1) is 29.2. The Labute approximate surface area is 222 Å². The highest BCUT2D eigenvalue weighted by Gasteiger charge is 2.32. The number of benzene rings is 2. The molecule has 0 saturated carbocycles. The minimum Gasteiger partial charge on any atom is -0.352 e. The van der Waals surface area contributed by atoms with Gasteiger partial charge in [-0.3, -0.25) is 13.9 Å². The molecule has 0 fully saturated rings. The highest BCUT2D eigenvalue weighted by Crippen LogP contribution is 2.27. The predicted molar refractivity (Wildman–Crippen MR) is 143 cm³/mol. The summed E-state index contributed by atoms with van der Waals surface area (Å²) in [5, 5.41) is 3.97. The van der Waals surface area contributed by atoms with Crippen molar-refractivity contribution < 1.29 is 18.0 Å². The van der Waals surface area contributed by atoms with Crippen molar-refractivity contribution in [3.63, 3.8) is 0 Å². The molecule has 0 spiro atoms. The molecule has 2 rings (SSSR count). The van der Waals surface area contributed by atoms with Crippen LogP contribution in [0.5, 0.6) is 0 Å². The fourth-order valence-corrected chi connectivity index (χ4v) is 4.97. The predicted octanol–water partition coefficient (Wildman–Crippen LogP) is 5.05. The number of hydrogen-bond acceptors (Lipinski definition) is 4. The lowest BCUT2D eigenvalue weighted by Gasteiger charge is -2.33. The van der Waals surface area contributed by atoms with Gasteiger partial charge in [-0.15, -0.1) is 0 Å². The summed E-state index contributed by atoms with van der Waals surface area (Å²) in [5.41, 5.74) is 1.59. The minimum absolute atomic E-state index is 0.00882. The van der Waals surface area contributed by atoms with Crippen molar-refractivity contribution in [2.75, 3.05) is 17.1 Å². The van der Waals surface area contributed by atoms with Crippen LogP contribution in [0.3, 0.4) is 0 Å². The van der Waals surface area contributed by atoms with E-state index < -0.39 is 28.5 Å². The Morgan fingerprint density at radius 2 is 1.69 bits per heavy atom. The van der Waals surface area contributed by atoms with Gasteiger partial charge in [0.05, 0.1) is 11.9 Å². The molecule has 2 aromatic rings. The number of halogens is 3. The first-order chi connectivity index (χ1) is 16.2. The van der Waals surface area contributed by atoms with E-state index in [1.165, 1.54) is 11.0 Å². The van der Waals surface area contributed by atoms with Gasteiger partial charge in [0.1, 0.15) is 12.6 Å². The second-order valence-corrected chi connectivity index (χ2v) is 11.7. The van der Waals surface area contributed by atoms with Gasteiger partial charge in [-0.05, 0) is 62.6 Å². The molecule has 2 aromatic carbocycles. The molecule has 1 atom stereocenters. The number of hydrogen-bond donors (Lipinski definition) is 1. The van der Waals surface area contributed by atoms with Gasteiger partial charge >= 0.3 is 0 Å². The van der Waals surface area contributed by atoms with E-state index in [2.05, 4.69) is 5.32 Å². The lowest BCUT2D eigenvalue weighted by Crippen LogP contribution is -2.53. The lowest BCUT2D eigenvalue weighted by molar-refractivity contribution is -0.140. The number of rotatable bonds is 10. The fourth-order valence-electron chi connectivity index (χ4n) is 3.48. The van der Waals surface area contributed by atoms with Crippen molar-refractivity contribution in [2.24, 2.45) is 0 Å². The first-order valence-electron chi connectivity index (χ1n) is 11.0. The quantitative estimate of drug-likeness (QED) is 0.439. The number of aryl methyl sites for hydroxylation is 1. The van der Waals surface area contributed by atoms with E-state index in [0.717, 1.165) is 16.1 Å². The van der Waals surface area contributed by atoms with Gasteiger partial charge in [0.25, 0.3) is 0 Å². The van der Waals surface area contributed by atoms with Crippen molar-refractivity contribution in [3.05, 3.63) is 62.6 Å². The third-order valence-corrected chi connectivity index (χ3v) is 7.43. The van der Waals surface area contributed by atoms with E-state index in [9.17, 15) is 18.0 Å². The summed E-state index contributed by atoms with van der Waals surface area (Å²) in [4.78, 5) is 28.0. The standard InChI is InChI=1S/C24H30Cl3N3O4S/c1-6-22(24(32)28-15(2)3)29(13-17-8-9-18(25)11-21(17)27)23(31)14-30(35(5,33)34)19-10-7-16(4)20(26)12-19/h7-12,15,22H,6,13-14H2,1-5H3,(H,28,32)/t22-/m1/s1. The number of carbonyl (C=O) groups is 2. The number of carbonyl (C=O) groups excluding carboxylic acids is 2. The third kappa shape index (κ3) is 8.00. The van der Waals surface area contributed by atoms with Crippen LogP contribution in [0, 0.1) is 6.92 Å². The highest BCUT2D eigenvalue weighted by molar-refractivity contribution is 7.92. The minimum atomic E-state index is -3.85.